The number of hydrogen-bond acceptors (Lipinski definition) is 2. The predicted molar refractivity (Wildman–Crippen MR) is 119 cm³/mol. The first kappa shape index (κ1) is 22.2. The lowest BCUT2D eigenvalue weighted by Crippen LogP contribution is -2.44. The van der Waals surface area contributed by atoms with Gasteiger partial charge in [0.05, 0.1) is 0 Å². The summed E-state index contributed by atoms with van der Waals surface area (Å²) in [5, 5.41) is 3.55. The number of guanidine groups is 1. The van der Waals surface area contributed by atoms with Gasteiger partial charge in [-0.2, -0.15) is 0 Å². The van der Waals surface area contributed by atoms with E-state index in [1.165, 1.54) is 49.8 Å². The fraction of sp³-hybridized carbons (Fsp3) is 0.650. The highest BCUT2D eigenvalue weighted by atomic mass is 127. The van der Waals surface area contributed by atoms with E-state index in [1.54, 1.807) is 0 Å². The molecule has 0 fully saturated rings. The van der Waals surface area contributed by atoms with Gasteiger partial charge in [-0.3, -0.25) is 4.99 Å². The molecule has 0 aromatic heterocycles. The Labute approximate surface area is 171 Å². The zero-order chi connectivity index (χ0) is 17.2. The number of unbranched alkanes of at least 4 members (excludes halogenated alkanes) is 4. The molecule has 1 heterocycles. The van der Waals surface area contributed by atoms with Gasteiger partial charge < -0.3 is 15.1 Å². The molecular weight excluding hydrogens is 423 g/mol. The molecule has 0 amide bonds. The maximum absolute atomic E-state index is 4.48. The predicted octanol–water partition coefficient (Wildman–Crippen LogP) is 3.75. The highest BCUT2D eigenvalue weighted by Crippen LogP contribution is 2.18. The highest BCUT2D eigenvalue weighted by Gasteiger charge is 2.18. The lowest BCUT2D eigenvalue weighted by Gasteiger charge is -2.31. The van der Waals surface area contributed by atoms with E-state index in [-0.39, 0.29) is 24.0 Å². The first-order valence-electron chi connectivity index (χ1n) is 9.38. The first-order valence-corrected chi connectivity index (χ1v) is 9.38. The molecule has 0 saturated heterocycles. The third-order valence-electron chi connectivity index (χ3n) is 4.71. The monoisotopic (exact) mass is 458 g/mol. The molecule has 0 spiro atoms. The van der Waals surface area contributed by atoms with E-state index in [1.807, 2.05) is 7.05 Å². The van der Waals surface area contributed by atoms with Gasteiger partial charge in [-0.15, -0.1) is 24.0 Å². The Balaban J connectivity index is 0.00000312. The third kappa shape index (κ3) is 7.94. The van der Waals surface area contributed by atoms with Gasteiger partial charge in [0.1, 0.15) is 0 Å². The Hall–Kier alpha value is -0.820. The van der Waals surface area contributed by atoms with Crippen LogP contribution in [0.5, 0.6) is 0 Å². The van der Waals surface area contributed by atoms with Gasteiger partial charge in [0.25, 0.3) is 0 Å². The molecule has 5 heteroatoms. The summed E-state index contributed by atoms with van der Waals surface area (Å²) in [5.74, 6) is 1.05. The molecule has 25 heavy (non-hydrogen) atoms. The Morgan fingerprint density at radius 3 is 2.48 bits per heavy atom. The zero-order valence-electron chi connectivity index (χ0n) is 16.1. The average molecular weight is 458 g/mol. The van der Waals surface area contributed by atoms with Crippen LogP contribution < -0.4 is 5.32 Å². The molecule has 0 radical (unpaired) electrons. The molecule has 1 aliphatic rings. The van der Waals surface area contributed by atoms with Crippen molar-refractivity contribution in [2.45, 2.75) is 45.1 Å². The molecule has 1 N–H and O–H groups in total. The summed E-state index contributed by atoms with van der Waals surface area (Å²) in [6, 6.07) is 8.76. The van der Waals surface area contributed by atoms with Gasteiger partial charge >= 0.3 is 0 Å². The summed E-state index contributed by atoms with van der Waals surface area (Å²) in [4.78, 5) is 9.12. The van der Waals surface area contributed by atoms with E-state index in [2.05, 4.69) is 58.5 Å². The van der Waals surface area contributed by atoms with E-state index < -0.39 is 0 Å². The number of halogens is 1. The van der Waals surface area contributed by atoms with Gasteiger partial charge in [0.15, 0.2) is 5.96 Å². The Morgan fingerprint density at radius 1 is 1.08 bits per heavy atom. The van der Waals surface area contributed by atoms with E-state index in [9.17, 15) is 0 Å². The topological polar surface area (TPSA) is 30.9 Å². The number of nitrogens with one attached hydrogen (secondary N) is 1. The summed E-state index contributed by atoms with van der Waals surface area (Å²) in [6.45, 7) is 4.27. The maximum atomic E-state index is 4.48. The normalized spacial score (nSPS) is 14.2. The van der Waals surface area contributed by atoms with Gasteiger partial charge in [0.2, 0.25) is 0 Å². The van der Waals surface area contributed by atoms with Crippen molar-refractivity contribution in [2.24, 2.45) is 4.99 Å². The fourth-order valence-electron chi connectivity index (χ4n) is 3.29. The molecule has 142 valence electrons. The van der Waals surface area contributed by atoms with E-state index in [0.29, 0.717) is 0 Å². The summed E-state index contributed by atoms with van der Waals surface area (Å²) in [5.41, 5.74) is 2.93. The summed E-state index contributed by atoms with van der Waals surface area (Å²) >= 11 is 0. The minimum absolute atomic E-state index is 0. The smallest absolute Gasteiger partial charge is 0.193 e. The van der Waals surface area contributed by atoms with Crippen molar-refractivity contribution >= 4 is 29.9 Å². The Morgan fingerprint density at radius 2 is 1.76 bits per heavy atom. The third-order valence-corrected chi connectivity index (χ3v) is 4.71. The quantitative estimate of drug-likeness (QED) is 0.279. The summed E-state index contributed by atoms with van der Waals surface area (Å²) < 4.78 is 0. The number of benzene rings is 1. The van der Waals surface area contributed by atoms with E-state index in [0.717, 1.165) is 32.0 Å². The van der Waals surface area contributed by atoms with Crippen molar-refractivity contribution in [3.05, 3.63) is 35.4 Å². The van der Waals surface area contributed by atoms with Crippen molar-refractivity contribution in [3.63, 3.8) is 0 Å². The standard InChI is InChI=1S/C20H34N4.HI/c1-21-20(22-14-9-5-4-6-10-15-23(2)3)24-16-13-18-11-7-8-12-19(18)17-24;/h7-8,11-12H,4-6,9-10,13-17H2,1-3H3,(H,21,22);1H. The van der Waals surface area contributed by atoms with Crippen molar-refractivity contribution in [1.29, 1.82) is 0 Å². The van der Waals surface area contributed by atoms with Crippen molar-refractivity contribution < 1.29 is 0 Å². The number of nitrogens with zero attached hydrogens (tertiary/aromatic N) is 3. The van der Waals surface area contributed by atoms with Crippen LogP contribution in [0.1, 0.15) is 43.2 Å². The van der Waals surface area contributed by atoms with Crippen LogP contribution in [0.2, 0.25) is 0 Å². The fourth-order valence-corrected chi connectivity index (χ4v) is 3.29. The number of aliphatic imine (C=N–C) groups is 1. The lowest BCUT2D eigenvalue weighted by molar-refractivity contribution is 0.377. The van der Waals surface area contributed by atoms with Crippen LogP contribution in [0, 0.1) is 0 Å². The van der Waals surface area contributed by atoms with Crippen LogP contribution in [0.15, 0.2) is 29.3 Å². The second-order valence-electron chi connectivity index (χ2n) is 6.99. The molecule has 4 nitrogen and oxygen atoms in total. The van der Waals surface area contributed by atoms with Crippen LogP contribution >= 0.6 is 24.0 Å². The van der Waals surface area contributed by atoms with Crippen LogP contribution in [0.25, 0.3) is 0 Å². The minimum atomic E-state index is 0. The second-order valence-corrected chi connectivity index (χ2v) is 6.99. The largest absolute Gasteiger partial charge is 0.356 e. The van der Waals surface area contributed by atoms with Crippen LogP contribution in [-0.4, -0.2) is 56.5 Å². The summed E-state index contributed by atoms with van der Waals surface area (Å²) in [6.07, 6.45) is 7.64. The van der Waals surface area contributed by atoms with Crippen molar-refractivity contribution in [1.82, 2.24) is 15.1 Å². The van der Waals surface area contributed by atoms with Gasteiger partial charge in [-0.25, -0.2) is 0 Å². The van der Waals surface area contributed by atoms with Crippen LogP contribution in [0.3, 0.4) is 0 Å². The molecule has 0 saturated carbocycles. The summed E-state index contributed by atoms with van der Waals surface area (Å²) in [7, 11) is 6.19. The first-order chi connectivity index (χ1) is 11.7. The average Bonchev–Trinajstić information content (AvgIpc) is 2.60. The molecular formula is C20H35IN4. The molecule has 2 rings (SSSR count). The maximum Gasteiger partial charge on any atom is 0.193 e. The molecule has 0 bridgehead atoms. The van der Waals surface area contributed by atoms with Crippen LogP contribution in [-0.2, 0) is 13.0 Å². The molecule has 1 aromatic rings. The van der Waals surface area contributed by atoms with Gasteiger partial charge in [0, 0.05) is 26.7 Å². The SMILES string of the molecule is CN=C(NCCCCCCCN(C)C)N1CCc2ccccc2C1.I. The zero-order valence-corrected chi connectivity index (χ0v) is 18.5. The van der Waals surface area contributed by atoms with Crippen LogP contribution in [0.4, 0.5) is 0 Å². The highest BCUT2D eigenvalue weighted by molar-refractivity contribution is 14.0. The molecule has 0 unspecified atom stereocenters. The number of fused-ring (bicyclic) bond motifs is 1. The van der Waals surface area contributed by atoms with Gasteiger partial charge in [-0.1, -0.05) is 43.5 Å². The van der Waals surface area contributed by atoms with Crippen molar-refractivity contribution in [3.8, 4) is 0 Å². The van der Waals surface area contributed by atoms with Crippen molar-refractivity contribution in [2.75, 3.05) is 40.8 Å². The van der Waals surface area contributed by atoms with Gasteiger partial charge in [-0.05, 0) is 51.0 Å². The molecule has 1 aliphatic heterocycles. The molecule has 0 aliphatic carbocycles. The number of hydrogen-bond donors (Lipinski definition) is 1. The molecule has 0 atom stereocenters. The Bertz CT molecular complexity index is 516. The van der Waals surface area contributed by atoms with E-state index in [4.69, 9.17) is 0 Å². The number of rotatable bonds is 8. The lowest BCUT2D eigenvalue weighted by atomic mass is 10.0. The van der Waals surface area contributed by atoms with E-state index >= 15 is 0 Å². The second kappa shape index (κ2) is 12.5. The molecule has 1 aromatic carbocycles. The Kier molecular flexibility index (Phi) is 11.1. The minimum Gasteiger partial charge on any atom is -0.356 e.